The molecule has 1 aromatic rings. The molecule has 0 fully saturated rings. The molecule has 2 rings (SSSR count). The van der Waals surface area contributed by atoms with Gasteiger partial charge in [-0.3, -0.25) is 0 Å². The predicted molar refractivity (Wildman–Crippen MR) is 73.3 cm³/mol. The van der Waals surface area contributed by atoms with Crippen LogP contribution in [0.1, 0.15) is 37.8 Å². The number of hydrogen-bond acceptors (Lipinski definition) is 4. The fraction of sp³-hybridized carbons (Fsp3) is 0.533. The van der Waals surface area contributed by atoms with Crippen molar-refractivity contribution in [1.29, 1.82) is 5.26 Å². The number of hydrogen-bond donors (Lipinski definition) is 1. The van der Waals surface area contributed by atoms with Crippen LogP contribution in [0, 0.1) is 11.3 Å². The van der Waals surface area contributed by atoms with Crippen molar-refractivity contribution in [1.82, 2.24) is 5.32 Å². The third-order valence-electron chi connectivity index (χ3n) is 3.11. The third-order valence-corrected chi connectivity index (χ3v) is 3.11. The van der Waals surface area contributed by atoms with E-state index in [2.05, 4.69) is 24.4 Å². The van der Waals surface area contributed by atoms with Gasteiger partial charge in [0, 0.05) is 18.1 Å². The van der Waals surface area contributed by atoms with Crippen LogP contribution in [0.25, 0.3) is 0 Å². The van der Waals surface area contributed by atoms with Crippen molar-refractivity contribution in [3.05, 3.63) is 23.8 Å². The molecule has 0 aliphatic carbocycles. The lowest BCUT2D eigenvalue weighted by molar-refractivity contribution is 0.301. The summed E-state index contributed by atoms with van der Waals surface area (Å²) in [6, 6.07) is 8.38. The summed E-state index contributed by atoms with van der Waals surface area (Å²) in [7, 11) is 0. The Balaban J connectivity index is 1.92. The van der Waals surface area contributed by atoms with E-state index in [1.54, 1.807) is 0 Å². The van der Waals surface area contributed by atoms with Crippen LogP contribution in [-0.4, -0.2) is 19.8 Å². The standard InChI is InChI=1S/C15H20N2O2/c1-2-8-17-14-11-19-15-10-12(5-6-13(14)15)18-9-4-3-7-16/h5-6,10,14,17H,2-4,8-9,11H2,1H3. The van der Waals surface area contributed by atoms with Crippen LogP contribution in [0.3, 0.4) is 0 Å². The Morgan fingerprint density at radius 3 is 3.21 bits per heavy atom. The second kappa shape index (κ2) is 7.01. The number of benzene rings is 1. The van der Waals surface area contributed by atoms with Crippen LogP contribution in [0.2, 0.25) is 0 Å². The molecule has 1 aliphatic rings. The molecule has 0 bridgehead atoms. The van der Waals surface area contributed by atoms with E-state index in [0.29, 0.717) is 25.7 Å². The Labute approximate surface area is 114 Å². The Hall–Kier alpha value is -1.73. The maximum absolute atomic E-state index is 8.46. The first-order chi connectivity index (χ1) is 9.35. The van der Waals surface area contributed by atoms with Gasteiger partial charge in [-0.1, -0.05) is 6.92 Å². The van der Waals surface area contributed by atoms with Gasteiger partial charge in [0.25, 0.3) is 0 Å². The van der Waals surface area contributed by atoms with E-state index in [4.69, 9.17) is 14.7 Å². The number of nitrogens with one attached hydrogen (secondary N) is 1. The van der Waals surface area contributed by atoms with Gasteiger partial charge in [-0.2, -0.15) is 5.26 Å². The maximum Gasteiger partial charge on any atom is 0.127 e. The summed E-state index contributed by atoms with van der Waals surface area (Å²) in [6.07, 6.45) is 2.41. The molecule has 1 unspecified atom stereocenters. The highest BCUT2D eigenvalue weighted by atomic mass is 16.5. The van der Waals surface area contributed by atoms with E-state index in [-0.39, 0.29) is 0 Å². The molecule has 19 heavy (non-hydrogen) atoms. The van der Waals surface area contributed by atoms with Crippen LogP contribution in [0.4, 0.5) is 0 Å². The molecule has 0 radical (unpaired) electrons. The van der Waals surface area contributed by atoms with Crippen LogP contribution in [0.5, 0.6) is 11.5 Å². The third kappa shape index (κ3) is 3.62. The highest BCUT2D eigenvalue weighted by molar-refractivity contribution is 5.45. The Morgan fingerprint density at radius 2 is 2.42 bits per heavy atom. The number of ether oxygens (including phenoxy) is 2. The molecular formula is C15H20N2O2. The maximum atomic E-state index is 8.46. The number of nitrogens with zero attached hydrogens (tertiary/aromatic N) is 1. The van der Waals surface area contributed by atoms with Crippen LogP contribution >= 0.6 is 0 Å². The molecule has 0 aromatic heterocycles. The van der Waals surface area contributed by atoms with Crippen molar-refractivity contribution in [3.63, 3.8) is 0 Å². The summed E-state index contributed by atoms with van der Waals surface area (Å²) in [5, 5.41) is 11.9. The summed E-state index contributed by atoms with van der Waals surface area (Å²) in [4.78, 5) is 0. The summed E-state index contributed by atoms with van der Waals surface area (Å²) in [6.45, 7) is 4.42. The second-order valence-electron chi connectivity index (χ2n) is 4.63. The average molecular weight is 260 g/mol. The van der Waals surface area contributed by atoms with Crippen LogP contribution < -0.4 is 14.8 Å². The summed E-state index contributed by atoms with van der Waals surface area (Å²) in [5.41, 5.74) is 1.21. The molecule has 1 N–H and O–H groups in total. The topological polar surface area (TPSA) is 54.3 Å². The van der Waals surface area contributed by atoms with E-state index in [1.807, 2.05) is 12.1 Å². The molecule has 102 valence electrons. The van der Waals surface area contributed by atoms with Crippen molar-refractivity contribution in [3.8, 4) is 17.6 Å². The number of rotatable bonds is 7. The van der Waals surface area contributed by atoms with Crippen LogP contribution in [-0.2, 0) is 0 Å². The molecule has 0 amide bonds. The quantitative estimate of drug-likeness (QED) is 0.766. The van der Waals surface area contributed by atoms with E-state index < -0.39 is 0 Å². The zero-order chi connectivity index (χ0) is 13.5. The molecule has 1 atom stereocenters. The Kier molecular flexibility index (Phi) is 5.05. The highest BCUT2D eigenvalue weighted by Gasteiger charge is 2.23. The first-order valence-corrected chi connectivity index (χ1v) is 6.85. The van der Waals surface area contributed by atoms with Gasteiger partial charge in [-0.25, -0.2) is 0 Å². The van der Waals surface area contributed by atoms with Crippen LogP contribution in [0.15, 0.2) is 18.2 Å². The molecule has 4 nitrogen and oxygen atoms in total. The second-order valence-corrected chi connectivity index (χ2v) is 4.63. The average Bonchev–Trinajstić information content (AvgIpc) is 2.84. The molecule has 1 aliphatic heterocycles. The molecule has 4 heteroatoms. The minimum Gasteiger partial charge on any atom is -0.493 e. The van der Waals surface area contributed by atoms with Crippen molar-refractivity contribution < 1.29 is 9.47 Å². The van der Waals surface area contributed by atoms with E-state index in [9.17, 15) is 0 Å². The van der Waals surface area contributed by atoms with Crippen molar-refractivity contribution in [2.24, 2.45) is 0 Å². The number of unbranched alkanes of at least 4 members (excludes halogenated alkanes) is 1. The van der Waals surface area contributed by atoms with Gasteiger partial charge < -0.3 is 14.8 Å². The lowest BCUT2D eigenvalue weighted by Crippen LogP contribution is -2.22. The normalized spacial score (nSPS) is 16.5. The minimum absolute atomic E-state index is 0.294. The monoisotopic (exact) mass is 260 g/mol. The first kappa shape index (κ1) is 13.7. The van der Waals surface area contributed by atoms with Gasteiger partial charge >= 0.3 is 0 Å². The molecule has 1 heterocycles. The molecule has 0 saturated heterocycles. The van der Waals surface area contributed by atoms with Crippen molar-refractivity contribution in [2.75, 3.05) is 19.8 Å². The van der Waals surface area contributed by atoms with Gasteiger partial charge in [-0.05, 0) is 31.5 Å². The van der Waals surface area contributed by atoms with Gasteiger partial charge in [0.1, 0.15) is 18.1 Å². The van der Waals surface area contributed by atoms with Crippen molar-refractivity contribution >= 4 is 0 Å². The van der Waals surface area contributed by atoms with Gasteiger partial charge in [0.15, 0.2) is 0 Å². The Bertz CT molecular complexity index is 454. The van der Waals surface area contributed by atoms with Gasteiger partial charge in [-0.15, -0.1) is 0 Å². The zero-order valence-electron chi connectivity index (χ0n) is 11.3. The fourth-order valence-corrected chi connectivity index (χ4v) is 2.11. The number of nitriles is 1. The van der Waals surface area contributed by atoms with Crippen molar-refractivity contribution in [2.45, 2.75) is 32.2 Å². The zero-order valence-corrected chi connectivity index (χ0v) is 11.3. The highest BCUT2D eigenvalue weighted by Crippen LogP contribution is 2.35. The SMILES string of the molecule is CCCNC1COc2cc(OCCCC#N)ccc21. The van der Waals surface area contributed by atoms with E-state index >= 15 is 0 Å². The molecular weight excluding hydrogens is 240 g/mol. The van der Waals surface area contributed by atoms with E-state index in [1.165, 1.54) is 5.56 Å². The number of fused-ring (bicyclic) bond motifs is 1. The summed E-state index contributed by atoms with van der Waals surface area (Å²) in [5.74, 6) is 1.72. The minimum atomic E-state index is 0.294. The smallest absolute Gasteiger partial charge is 0.127 e. The predicted octanol–water partition coefficient (Wildman–Crippen LogP) is 2.80. The van der Waals surface area contributed by atoms with Gasteiger partial charge in [0.05, 0.1) is 18.7 Å². The Morgan fingerprint density at radius 1 is 1.53 bits per heavy atom. The fourth-order valence-electron chi connectivity index (χ4n) is 2.11. The molecule has 0 spiro atoms. The first-order valence-electron chi connectivity index (χ1n) is 6.85. The lowest BCUT2D eigenvalue weighted by Gasteiger charge is -2.10. The molecule has 0 saturated carbocycles. The molecule has 1 aromatic carbocycles. The largest absolute Gasteiger partial charge is 0.493 e. The lowest BCUT2D eigenvalue weighted by atomic mass is 10.1. The van der Waals surface area contributed by atoms with Gasteiger partial charge in [0.2, 0.25) is 0 Å². The van der Waals surface area contributed by atoms with E-state index in [0.717, 1.165) is 30.9 Å². The summed E-state index contributed by atoms with van der Waals surface area (Å²) >= 11 is 0. The summed E-state index contributed by atoms with van der Waals surface area (Å²) < 4.78 is 11.3.